The van der Waals surface area contributed by atoms with E-state index >= 15 is 0 Å². The van der Waals surface area contributed by atoms with Crippen LogP contribution in [0.25, 0.3) is 0 Å². The number of benzene rings is 1. The summed E-state index contributed by atoms with van der Waals surface area (Å²) in [6.07, 6.45) is 0.208. The van der Waals surface area contributed by atoms with Gasteiger partial charge in [0, 0.05) is 18.0 Å². The molecule has 0 heterocycles. The minimum atomic E-state index is -0.535. The third kappa shape index (κ3) is 9.94. The molecule has 0 saturated carbocycles. The Labute approximate surface area is 147 Å². The van der Waals surface area contributed by atoms with Gasteiger partial charge in [-0.25, -0.2) is 4.79 Å². The predicted octanol–water partition coefficient (Wildman–Crippen LogP) is 3.57. The molecule has 134 valence electrons. The van der Waals surface area contributed by atoms with Crippen molar-refractivity contribution >= 4 is 23.7 Å². The number of hydrogen-bond donors (Lipinski definition) is 1. The maximum atomic E-state index is 11.5. The molecule has 0 aliphatic rings. The van der Waals surface area contributed by atoms with Crippen molar-refractivity contribution in [1.82, 2.24) is 5.32 Å². The maximum absolute atomic E-state index is 11.5. The number of nitrogens with one attached hydrogen (secondary N) is 1. The normalized spacial score (nSPS) is 10.8. The number of esters is 1. The van der Waals surface area contributed by atoms with Crippen molar-refractivity contribution in [2.45, 2.75) is 39.2 Å². The van der Waals surface area contributed by atoms with Crippen molar-refractivity contribution in [3.05, 3.63) is 29.3 Å². The molecule has 0 fully saturated rings. The highest BCUT2D eigenvalue weighted by Crippen LogP contribution is 2.15. The second-order valence-electron chi connectivity index (χ2n) is 6.06. The molecule has 1 rings (SSSR count). The summed E-state index contributed by atoms with van der Waals surface area (Å²) in [5.74, 6) is 0.331. The highest BCUT2D eigenvalue weighted by atomic mass is 35.5. The summed E-state index contributed by atoms with van der Waals surface area (Å²) < 4.78 is 15.5. The Morgan fingerprint density at radius 1 is 1.12 bits per heavy atom. The molecule has 0 aromatic heterocycles. The fourth-order valence-electron chi connectivity index (χ4n) is 1.66. The largest absolute Gasteiger partial charge is 0.490 e. The first-order valence-corrected chi connectivity index (χ1v) is 8.15. The maximum Gasteiger partial charge on any atom is 0.407 e. The van der Waals surface area contributed by atoms with Gasteiger partial charge in [-0.3, -0.25) is 4.79 Å². The third-order valence-corrected chi connectivity index (χ3v) is 2.91. The average molecular weight is 358 g/mol. The summed E-state index contributed by atoms with van der Waals surface area (Å²) in [6.45, 7) is 6.15. The molecule has 1 N–H and O–H groups in total. The van der Waals surface area contributed by atoms with Gasteiger partial charge in [0.1, 0.15) is 24.6 Å². The van der Waals surface area contributed by atoms with Crippen LogP contribution in [-0.2, 0) is 14.3 Å². The van der Waals surface area contributed by atoms with Crippen LogP contribution in [0.3, 0.4) is 0 Å². The van der Waals surface area contributed by atoms with E-state index in [9.17, 15) is 9.59 Å². The first kappa shape index (κ1) is 20.1. The van der Waals surface area contributed by atoms with Crippen LogP contribution < -0.4 is 10.1 Å². The molecule has 7 heteroatoms. The molecule has 0 radical (unpaired) electrons. The van der Waals surface area contributed by atoms with Gasteiger partial charge < -0.3 is 19.5 Å². The Kier molecular flexibility index (Phi) is 8.40. The van der Waals surface area contributed by atoms with Crippen LogP contribution in [0, 0.1) is 0 Å². The van der Waals surface area contributed by atoms with E-state index in [-0.39, 0.29) is 25.6 Å². The lowest BCUT2D eigenvalue weighted by atomic mass is 10.2. The van der Waals surface area contributed by atoms with Crippen molar-refractivity contribution < 1.29 is 23.8 Å². The highest BCUT2D eigenvalue weighted by molar-refractivity contribution is 6.30. The highest BCUT2D eigenvalue weighted by Gasteiger charge is 2.15. The molecule has 1 aromatic rings. The van der Waals surface area contributed by atoms with Crippen LogP contribution in [0.15, 0.2) is 24.3 Å². The summed E-state index contributed by atoms with van der Waals surface area (Å²) in [4.78, 5) is 22.9. The summed E-state index contributed by atoms with van der Waals surface area (Å²) in [6, 6.07) is 6.93. The summed E-state index contributed by atoms with van der Waals surface area (Å²) in [5, 5.41) is 3.22. The smallest absolute Gasteiger partial charge is 0.407 e. The number of alkyl carbamates (subject to hydrolysis) is 1. The molecule has 0 atom stereocenters. The topological polar surface area (TPSA) is 73.9 Å². The van der Waals surface area contributed by atoms with Gasteiger partial charge in [0.2, 0.25) is 0 Å². The Morgan fingerprint density at radius 2 is 1.79 bits per heavy atom. The third-order valence-electron chi connectivity index (χ3n) is 2.65. The van der Waals surface area contributed by atoms with E-state index < -0.39 is 11.7 Å². The first-order valence-electron chi connectivity index (χ1n) is 7.77. The Hall–Kier alpha value is -1.95. The summed E-state index contributed by atoms with van der Waals surface area (Å²) in [5.41, 5.74) is -0.535. The summed E-state index contributed by atoms with van der Waals surface area (Å²) in [7, 11) is 0. The van der Waals surface area contributed by atoms with Crippen LogP contribution in [0.4, 0.5) is 4.79 Å². The van der Waals surface area contributed by atoms with Crippen molar-refractivity contribution in [2.75, 3.05) is 19.8 Å². The minimum Gasteiger partial charge on any atom is -0.490 e. The van der Waals surface area contributed by atoms with E-state index in [0.29, 0.717) is 23.7 Å². The minimum absolute atomic E-state index is 0.168. The van der Waals surface area contributed by atoms with E-state index in [4.69, 9.17) is 25.8 Å². The van der Waals surface area contributed by atoms with Crippen LogP contribution in [0.5, 0.6) is 5.75 Å². The molecule has 6 nitrogen and oxygen atoms in total. The van der Waals surface area contributed by atoms with Gasteiger partial charge in [0.05, 0.1) is 0 Å². The van der Waals surface area contributed by atoms with Gasteiger partial charge in [-0.1, -0.05) is 11.6 Å². The predicted molar refractivity (Wildman–Crippen MR) is 91.4 cm³/mol. The molecular weight excluding hydrogens is 334 g/mol. The number of rotatable bonds is 8. The molecule has 0 bridgehead atoms. The van der Waals surface area contributed by atoms with Crippen LogP contribution in [0.1, 0.15) is 33.6 Å². The van der Waals surface area contributed by atoms with Gasteiger partial charge in [-0.2, -0.15) is 0 Å². The number of carbonyl (C=O) groups excluding carboxylic acids is 2. The number of halogens is 1. The SMILES string of the molecule is CC(C)(C)OC(=O)NCCCC(=O)OCCOc1ccc(Cl)cc1. The second-order valence-corrected chi connectivity index (χ2v) is 6.49. The molecule has 1 amide bonds. The molecule has 0 aliphatic heterocycles. The molecule has 0 saturated heterocycles. The average Bonchev–Trinajstić information content (AvgIpc) is 2.48. The Morgan fingerprint density at radius 3 is 2.42 bits per heavy atom. The van der Waals surface area contributed by atoms with Crippen molar-refractivity contribution in [3.63, 3.8) is 0 Å². The zero-order valence-corrected chi connectivity index (χ0v) is 15.0. The zero-order chi connectivity index (χ0) is 18.0. The fourth-order valence-corrected chi connectivity index (χ4v) is 1.78. The van der Waals surface area contributed by atoms with Crippen LogP contribution in [0.2, 0.25) is 5.02 Å². The van der Waals surface area contributed by atoms with Crippen molar-refractivity contribution in [1.29, 1.82) is 0 Å². The quantitative estimate of drug-likeness (QED) is 0.568. The number of ether oxygens (including phenoxy) is 3. The molecule has 0 spiro atoms. The molecule has 0 unspecified atom stereocenters. The lowest BCUT2D eigenvalue weighted by Gasteiger charge is -2.19. The summed E-state index contributed by atoms with van der Waals surface area (Å²) >= 11 is 5.77. The number of hydrogen-bond acceptors (Lipinski definition) is 5. The van der Waals surface area contributed by atoms with E-state index in [0.717, 1.165) is 0 Å². The number of amides is 1. The lowest BCUT2D eigenvalue weighted by molar-refractivity contribution is -0.144. The van der Waals surface area contributed by atoms with Gasteiger partial charge in [-0.05, 0) is 51.5 Å². The lowest BCUT2D eigenvalue weighted by Crippen LogP contribution is -2.33. The standard InChI is InChI=1S/C17H24ClNO5/c1-17(2,3)24-16(21)19-10-4-5-15(20)23-12-11-22-14-8-6-13(18)7-9-14/h6-9H,4-5,10-12H2,1-3H3,(H,19,21). The van der Waals surface area contributed by atoms with Crippen molar-refractivity contribution in [2.24, 2.45) is 0 Å². The monoisotopic (exact) mass is 357 g/mol. The van der Waals surface area contributed by atoms with Crippen LogP contribution in [-0.4, -0.2) is 37.4 Å². The van der Waals surface area contributed by atoms with Gasteiger partial charge in [0.15, 0.2) is 0 Å². The molecule has 0 aliphatic carbocycles. The Bertz CT molecular complexity index is 525. The second kappa shape index (κ2) is 10.0. The van der Waals surface area contributed by atoms with Gasteiger partial charge in [0.25, 0.3) is 0 Å². The van der Waals surface area contributed by atoms with Crippen molar-refractivity contribution in [3.8, 4) is 5.75 Å². The van der Waals surface area contributed by atoms with E-state index in [1.807, 2.05) is 0 Å². The van der Waals surface area contributed by atoms with Gasteiger partial charge >= 0.3 is 12.1 Å². The van der Waals surface area contributed by atoms with E-state index in [2.05, 4.69) is 5.32 Å². The van der Waals surface area contributed by atoms with Crippen LogP contribution >= 0.6 is 11.6 Å². The fraction of sp³-hybridized carbons (Fsp3) is 0.529. The Balaban J connectivity index is 2.04. The molecular formula is C17H24ClNO5. The zero-order valence-electron chi connectivity index (χ0n) is 14.3. The van der Waals surface area contributed by atoms with Gasteiger partial charge in [-0.15, -0.1) is 0 Å². The number of carbonyl (C=O) groups is 2. The van der Waals surface area contributed by atoms with E-state index in [1.54, 1.807) is 45.0 Å². The van der Waals surface area contributed by atoms with E-state index in [1.165, 1.54) is 0 Å². The molecule has 24 heavy (non-hydrogen) atoms. The molecule has 1 aromatic carbocycles. The first-order chi connectivity index (χ1) is 11.3.